The third-order valence-electron chi connectivity index (χ3n) is 0. The second kappa shape index (κ2) is 15.7. The maximum Gasteiger partial charge on any atom is 2.00 e. The Labute approximate surface area is 75.0 Å². The SMILES string of the molecule is CC(=O)[O-].[S-2].[Zn+2].[Zn+2]. The fourth-order valence-electron chi connectivity index (χ4n) is 0. The van der Waals surface area contributed by atoms with Crippen molar-refractivity contribution in [3.8, 4) is 0 Å². The Hall–Kier alpha value is 1.07. The van der Waals surface area contributed by atoms with Crippen LogP contribution in [0.25, 0.3) is 0 Å². The third kappa shape index (κ3) is 159. The molecule has 0 rings (SSSR count). The van der Waals surface area contributed by atoms with Crippen LogP contribution in [0.2, 0.25) is 0 Å². The van der Waals surface area contributed by atoms with Crippen LogP contribution in [-0.2, 0) is 57.2 Å². The molecule has 0 heterocycles. The summed E-state index contributed by atoms with van der Waals surface area (Å²) in [5.74, 6) is -1.08. The minimum absolute atomic E-state index is 0. The summed E-state index contributed by atoms with van der Waals surface area (Å²) in [6.07, 6.45) is 0. The van der Waals surface area contributed by atoms with Crippen LogP contribution >= 0.6 is 0 Å². The molecule has 0 saturated carbocycles. The van der Waals surface area contributed by atoms with Crippen LogP contribution in [0.1, 0.15) is 6.92 Å². The summed E-state index contributed by atoms with van der Waals surface area (Å²) in [7, 11) is 0. The van der Waals surface area contributed by atoms with Crippen LogP contribution in [0.15, 0.2) is 0 Å². The molecule has 0 radical (unpaired) electrons. The Morgan fingerprint density at radius 3 is 1.43 bits per heavy atom. The quantitative estimate of drug-likeness (QED) is 0.480. The average molecular weight is 222 g/mol. The van der Waals surface area contributed by atoms with Gasteiger partial charge in [-0.2, -0.15) is 0 Å². The van der Waals surface area contributed by atoms with Gasteiger partial charge in [-0.15, -0.1) is 0 Å². The molecule has 0 aromatic rings. The maximum atomic E-state index is 8.89. The first-order valence-electron chi connectivity index (χ1n) is 0.908. The van der Waals surface area contributed by atoms with Crippen LogP contribution in [0.5, 0.6) is 0 Å². The molecule has 0 saturated heterocycles. The first-order valence-corrected chi connectivity index (χ1v) is 0.908. The van der Waals surface area contributed by atoms with Gasteiger partial charge in [0.1, 0.15) is 0 Å². The molecule has 0 aromatic heterocycles. The minimum Gasteiger partial charge on any atom is -2.00 e. The van der Waals surface area contributed by atoms with Gasteiger partial charge in [0.05, 0.1) is 0 Å². The van der Waals surface area contributed by atoms with Gasteiger partial charge in [-0.25, -0.2) is 0 Å². The number of aliphatic carboxylic acids is 1. The Balaban J connectivity index is -0.0000000150. The van der Waals surface area contributed by atoms with Crippen molar-refractivity contribution < 1.29 is 48.9 Å². The summed E-state index contributed by atoms with van der Waals surface area (Å²) < 4.78 is 0. The van der Waals surface area contributed by atoms with Crippen LogP contribution in [0.3, 0.4) is 0 Å². The topological polar surface area (TPSA) is 40.1 Å². The molecule has 0 aliphatic carbocycles. The average Bonchev–Trinajstić information content (AvgIpc) is 0.811. The van der Waals surface area contributed by atoms with E-state index in [4.69, 9.17) is 9.90 Å². The Morgan fingerprint density at radius 1 is 1.43 bits per heavy atom. The zero-order chi connectivity index (χ0) is 3.58. The molecular formula is C2H3O2SZn2+. The summed E-state index contributed by atoms with van der Waals surface area (Å²) >= 11 is 0. The van der Waals surface area contributed by atoms with Gasteiger partial charge in [0.15, 0.2) is 0 Å². The smallest absolute Gasteiger partial charge is 2.00 e. The monoisotopic (exact) mass is 219 g/mol. The molecule has 0 aromatic carbocycles. The van der Waals surface area contributed by atoms with E-state index in [-0.39, 0.29) is 52.5 Å². The van der Waals surface area contributed by atoms with Gasteiger partial charge in [0.25, 0.3) is 0 Å². The first-order chi connectivity index (χ1) is 1.73. The fraction of sp³-hybridized carbons (Fsp3) is 0.500. The zero-order valence-corrected chi connectivity index (χ0v) is 10.9. The molecule has 0 spiro atoms. The van der Waals surface area contributed by atoms with Crippen molar-refractivity contribution in [1.29, 1.82) is 0 Å². The Morgan fingerprint density at radius 2 is 1.43 bits per heavy atom. The van der Waals surface area contributed by atoms with Crippen molar-refractivity contribution in [3.63, 3.8) is 0 Å². The molecule has 0 amide bonds. The van der Waals surface area contributed by atoms with Crippen molar-refractivity contribution in [2.45, 2.75) is 6.92 Å². The Kier molecular flexibility index (Phi) is 54.7. The Bertz CT molecular complexity index is 36.7. The molecule has 0 aliphatic heterocycles. The molecule has 0 unspecified atom stereocenters. The number of carboxylic acid groups (broad SMARTS) is 1. The van der Waals surface area contributed by atoms with Crippen LogP contribution in [0, 0.1) is 0 Å². The number of hydrogen-bond donors (Lipinski definition) is 0. The van der Waals surface area contributed by atoms with E-state index in [0.29, 0.717) is 0 Å². The van der Waals surface area contributed by atoms with Crippen LogP contribution in [-0.4, -0.2) is 5.97 Å². The predicted molar refractivity (Wildman–Crippen MR) is 18.0 cm³/mol. The molecule has 5 heteroatoms. The maximum absolute atomic E-state index is 8.89. The molecule has 7 heavy (non-hydrogen) atoms. The molecule has 0 atom stereocenters. The van der Waals surface area contributed by atoms with E-state index in [1.807, 2.05) is 0 Å². The van der Waals surface area contributed by atoms with Crippen LogP contribution < -0.4 is 5.11 Å². The zero-order valence-electron chi connectivity index (χ0n) is 4.14. The van der Waals surface area contributed by atoms with E-state index in [1.54, 1.807) is 0 Å². The number of carboxylic acids is 1. The van der Waals surface area contributed by atoms with Gasteiger partial charge in [-0.05, 0) is 6.92 Å². The summed E-state index contributed by atoms with van der Waals surface area (Å²) in [6, 6.07) is 0. The van der Waals surface area contributed by atoms with E-state index >= 15 is 0 Å². The number of rotatable bonds is 0. The molecule has 0 N–H and O–H groups in total. The van der Waals surface area contributed by atoms with Crippen molar-refractivity contribution in [3.05, 3.63) is 0 Å². The largest absolute Gasteiger partial charge is 2.00 e. The molecule has 0 aliphatic rings. The van der Waals surface area contributed by atoms with E-state index < -0.39 is 5.97 Å². The molecule has 0 bridgehead atoms. The van der Waals surface area contributed by atoms with Gasteiger partial charge in [0.2, 0.25) is 0 Å². The van der Waals surface area contributed by atoms with E-state index in [1.165, 1.54) is 0 Å². The minimum atomic E-state index is -1.08. The summed E-state index contributed by atoms with van der Waals surface area (Å²) in [5.41, 5.74) is 0. The van der Waals surface area contributed by atoms with Gasteiger partial charge in [-0.3, -0.25) is 0 Å². The predicted octanol–water partition coefficient (Wildman–Crippen LogP) is -1.25. The van der Waals surface area contributed by atoms with Gasteiger partial charge in [0, 0.05) is 5.97 Å². The molecule has 32 valence electrons. The molecule has 2 nitrogen and oxygen atoms in total. The summed E-state index contributed by atoms with van der Waals surface area (Å²) in [5, 5.41) is 8.89. The fourth-order valence-corrected chi connectivity index (χ4v) is 0. The molecule has 0 fully saturated rings. The number of carbonyl (C=O) groups excluding carboxylic acids is 1. The second-order valence-electron chi connectivity index (χ2n) is 0.492. The number of carbonyl (C=O) groups is 1. The van der Waals surface area contributed by atoms with Crippen molar-refractivity contribution >= 4 is 19.5 Å². The van der Waals surface area contributed by atoms with Crippen molar-refractivity contribution in [1.82, 2.24) is 0 Å². The second-order valence-corrected chi connectivity index (χ2v) is 0.492. The first kappa shape index (κ1) is 24.4. The molecular weight excluding hydrogens is 219 g/mol. The van der Waals surface area contributed by atoms with E-state index in [2.05, 4.69) is 0 Å². The summed E-state index contributed by atoms with van der Waals surface area (Å²) in [4.78, 5) is 8.89. The van der Waals surface area contributed by atoms with Gasteiger partial charge >= 0.3 is 39.0 Å². The van der Waals surface area contributed by atoms with Crippen LogP contribution in [0.4, 0.5) is 0 Å². The van der Waals surface area contributed by atoms with E-state index in [9.17, 15) is 0 Å². The van der Waals surface area contributed by atoms with Crippen molar-refractivity contribution in [2.24, 2.45) is 0 Å². The van der Waals surface area contributed by atoms with Gasteiger partial charge in [-0.1, -0.05) is 0 Å². The third-order valence-corrected chi connectivity index (χ3v) is 0. The van der Waals surface area contributed by atoms with Crippen molar-refractivity contribution in [2.75, 3.05) is 0 Å². The summed E-state index contributed by atoms with van der Waals surface area (Å²) in [6.45, 7) is 0.972. The van der Waals surface area contributed by atoms with Gasteiger partial charge < -0.3 is 23.4 Å². The van der Waals surface area contributed by atoms with E-state index in [0.717, 1.165) is 6.92 Å². The standard InChI is InChI=1S/C2H4O2.S.2Zn/c1-2(3)4;;;/h1H3,(H,3,4);;;/q;-2;2*+2/p-1. The normalized spacial score (nSPS) is 3.57. The number of hydrogen-bond acceptors (Lipinski definition) is 2.